The summed E-state index contributed by atoms with van der Waals surface area (Å²) in [5.74, 6) is 0.718. The highest BCUT2D eigenvalue weighted by Gasteiger charge is 2.13. The van der Waals surface area contributed by atoms with Crippen LogP contribution in [0.1, 0.15) is 18.4 Å². The molecule has 0 spiro atoms. The predicted octanol–water partition coefficient (Wildman–Crippen LogP) is 1.60. The summed E-state index contributed by atoms with van der Waals surface area (Å²) in [6.45, 7) is 0.507. The van der Waals surface area contributed by atoms with E-state index in [1.807, 2.05) is 6.07 Å². The summed E-state index contributed by atoms with van der Waals surface area (Å²) in [5, 5.41) is 6.54. The fraction of sp³-hybridized carbons (Fsp3) is 0.400. The molecule has 3 N–H and O–H groups in total. The maximum Gasteiger partial charge on any atom is 0.240 e. The van der Waals surface area contributed by atoms with Gasteiger partial charge in [0.2, 0.25) is 10.0 Å². The molecule has 1 aromatic carbocycles. The predicted molar refractivity (Wildman–Crippen MR) is 104 cm³/mol. The van der Waals surface area contributed by atoms with Crippen molar-refractivity contribution < 1.29 is 8.42 Å². The first-order valence-corrected chi connectivity index (χ1v) is 8.68. The number of rotatable bonds is 5. The van der Waals surface area contributed by atoms with Crippen LogP contribution in [0, 0.1) is 0 Å². The number of aliphatic imine (C=N–C) groups is 1. The van der Waals surface area contributed by atoms with E-state index >= 15 is 0 Å². The van der Waals surface area contributed by atoms with Gasteiger partial charge >= 0.3 is 0 Å². The Morgan fingerprint density at radius 2 is 2.00 bits per heavy atom. The van der Waals surface area contributed by atoms with E-state index in [9.17, 15) is 8.42 Å². The summed E-state index contributed by atoms with van der Waals surface area (Å²) in [7, 11) is -0.289. The Labute approximate surface area is 154 Å². The van der Waals surface area contributed by atoms with Gasteiger partial charge in [-0.3, -0.25) is 4.99 Å². The van der Waals surface area contributed by atoms with Crippen molar-refractivity contribution in [3.8, 4) is 0 Å². The van der Waals surface area contributed by atoms with Crippen LogP contribution >= 0.6 is 24.0 Å². The number of hydrogen-bond acceptors (Lipinski definition) is 3. The van der Waals surface area contributed by atoms with Crippen LogP contribution in [0.15, 0.2) is 46.3 Å². The lowest BCUT2D eigenvalue weighted by atomic mass is 10.2. The Kier molecular flexibility index (Phi) is 8.00. The average Bonchev–Trinajstić information content (AvgIpc) is 3.04. The zero-order chi connectivity index (χ0) is 16.0. The molecular formula is C15H23IN4O2S. The molecule has 0 unspecified atom stereocenters. The van der Waals surface area contributed by atoms with Gasteiger partial charge in [0.25, 0.3) is 0 Å². The third-order valence-corrected chi connectivity index (χ3v) is 4.92. The van der Waals surface area contributed by atoms with Crippen LogP contribution in [-0.4, -0.2) is 34.5 Å². The van der Waals surface area contributed by atoms with Crippen LogP contribution in [0.5, 0.6) is 0 Å². The van der Waals surface area contributed by atoms with Gasteiger partial charge in [-0.05, 0) is 37.6 Å². The minimum Gasteiger partial charge on any atom is -0.353 e. The number of halogens is 1. The van der Waals surface area contributed by atoms with E-state index in [1.54, 1.807) is 25.2 Å². The molecule has 0 fully saturated rings. The first-order chi connectivity index (χ1) is 10.5. The van der Waals surface area contributed by atoms with Crippen LogP contribution in [0.2, 0.25) is 0 Å². The van der Waals surface area contributed by atoms with Gasteiger partial charge in [-0.25, -0.2) is 13.1 Å². The van der Waals surface area contributed by atoms with Crippen molar-refractivity contribution >= 4 is 40.0 Å². The van der Waals surface area contributed by atoms with Gasteiger partial charge in [0.05, 0.1) is 4.90 Å². The number of nitrogens with one attached hydrogen (secondary N) is 3. The molecule has 0 atom stereocenters. The largest absolute Gasteiger partial charge is 0.353 e. The lowest BCUT2D eigenvalue weighted by Crippen LogP contribution is -2.42. The average molecular weight is 450 g/mol. The molecule has 0 aromatic heterocycles. The normalized spacial score (nSPS) is 15.3. The van der Waals surface area contributed by atoms with Crippen molar-refractivity contribution in [1.29, 1.82) is 0 Å². The van der Waals surface area contributed by atoms with E-state index in [-0.39, 0.29) is 28.9 Å². The lowest BCUT2D eigenvalue weighted by Gasteiger charge is -2.17. The summed E-state index contributed by atoms with van der Waals surface area (Å²) in [4.78, 5) is 4.45. The molecule has 8 heteroatoms. The SMILES string of the molecule is CN=C(NCc1cccc(S(=O)(=O)NC)c1)NC1CC=CC1.I. The monoisotopic (exact) mass is 450 g/mol. The van der Waals surface area contributed by atoms with Gasteiger partial charge in [0, 0.05) is 19.6 Å². The second-order valence-electron chi connectivity index (χ2n) is 5.06. The number of nitrogens with zero attached hydrogens (tertiary/aromatic N) is 1. The van der Waals surface area contributed by atoms with Crippen LogP contribution in [0.25, 0.3) is 0 Å². The molecule has 0 amide bonds. The summed E-state index contributed by atoms with van der Waals surface area (Å²) in [6, 6.07) is 7.22. The third-order valence-electron chi connectivity index (χ3n) is 3.51. The van der Waals surface area contributed by atoms with Crippen molar-refractivity contribution in [3.05, 3.63) is 42.0 Å². The summed E-state index contributed by atoms with van der Waals surface area (Å²) in [6.07, 6.45) is 6.29. The van der Waals surface area contributed by atoms with Crippen LogP contribution in [0.4, 0.5) is 0 Å². The van der Waals surface area contributed by atoms with Crippen molar-refractivity contribution in [2.24, 2.45) is 4.99 Å². The van der Waals surface area contributed by atoms with E-state index in [0.29, 0.717) is 12.6 Å². The van der Waals surface area contributed by atoms with Gasteiger partial charge in [0.1, 0.15) is 0 Å². The van der Waals surface area contributed by atoms with Crippen molar-refractivity contribution in [3.63, 3.8) is 0 Å². The van der Waals surface area contributed by atoms with E-state index in [4.69, 9.17) is 0 Å². The molecule has 6 nitrogen and oxygen atoms in total. The maximum atomic E-state index is 11.8. The summed E-state index contributed by atoms with van der Waals surface area (Å²) >= 11 is 0. The molecular weight excluding hydrogens is 427 g/mol. The number of hydrogen-bond donors (Lipinski definition) is 3. The molecule has 0 bridgehead atoms. The van der Waals surface area contributed by atoms with Crippen molar-refractivity contribution in [2.75, 3.05) is 14.1 Å². The highest BCUT2D eigenvalue weighted by atomic mass is 127. The van der Waals surface area contributed by atoms with Gasteiger partial charge < -0.3 is 10.6 Å². The van der Waals surface area contributed by atoms with Crippen molar-refractivity contribution in [2.45, 2.75) is 30.3 Å². The maximum absolute atomic E-state index is 11.8. The van der Waals surface area contributed by atoms with Crippen LogP contribution < -0.4 is 15.4 Å². The molecule has 0 aliphatic heterocycles. The molecule has 0 radical (unpaired) electrons. The fourth-order valence-corrected chi connectivity index (χ4v) is 3.05. The van der Waals surface area contributed by atoms with E-state index in [2.05, 4.69) is 32.5 Å². The Morgan fingerprint density at radius 3 is 2.61 bits per heavy atom. The van der Waals surface area contributed by atoms with Gasteiger partial charge in [-0.15, -0.1) is 24.0 Å². The van der Waals surface area contributed by atoms with Gasteiger partial charge in [0.15, 0.2) is 5.96 Å². The second-order valence-corrected chi connectivity index (χ2v) is 6.95. The zero-order valence-corrected chi connectivity index (χ0v) is 16.4. The molecule has 23 heavy (non-hydrogen) atoms. The molecule has 0 saturated carbocycles. The third kappa shape index (κ3) is 5.78. The Bertz CT molecular complexity index is 666. The minimum atomic E-state index is -3.42. The molecule has 1 aliphatic carbocycles. The standard InChI is InChI=1S/C15H22N4O2S.HI/c1-16-15(19-13-7-3-4-8-13)18-11-12-6-5-9-14(10-12)22(20,21)17-2;/h3-6,9-10,13,17H,7-8,11H2,1-2H3,(H2,16,18,19);1H. The van der Waals surface area contributed by atoms with Gasteiger partial charge in [-0.1, -0.05) is 24.3 Å². The van der Waals surface area contributed by atoms with E-state index in [0.717, 1.165) is 24.4 Å². The molecule has 0 saturated heterocycles. The topological polar surface area (TPSA) is 82.6 Å². The molecule has 1 aliphatic rings. The fourth-order valence-electron chi connectivity index (χ4n) is 2.25. The van der Waals surface area contributed by atoms with E-state index < -0.39 is 10.0 Å². The van der Waals surface area contributed by atoms with Gasteiger partial charge in [-0.2, -0.15) is 0 Å². The Hall–Kier alpha value is -1.13. The van der Waals surface area contributed by atoms with Crippen LogP contribution in [-0.2, 0) is 16.6 Å². The quantitative estimate of drug-likeness (QED) is 0.276. The zero-order valence-electron chi connectivity index (χ0n) is 13.2. The highest BCUT2D eigenvalue weighted by molar-refractivity contribution is 14.0. The lowest BCUT2D eigenvalue weighted by molar-refractivity contribution is 0.588. The molecule has 128 valence electrons. The number of benzene rings is 1. The first-order valence-electron chi connectivity index (χ1n) is 7.20. The van der Waals surface area contributed by atoms with Crippen molar-refractivity contribution in [1.82, 2.24) is 15.4 Å². The Balaban J connectivity index is 0.00000264. The molecule has 0 heterocycles. The number of sulfonamides is 1. The summed E-state index contributed by atoms with van der Waals surface area (Å²) < 4.78 is 25.9. The molecule has 1 aromatic rings. The summed E-state index contributed by atoms with van der Waals surface area (Å²) in [5.41, 5.74) is 0.879. The minimum absolute atomic E-state index is 0. The van der Waals surface area contributed by atoms with Crippen LogP contribution in [0.3, 0.4) is 0 Å². The smallest absolute Gasteiger partial charge is 0.240 e. The van der Waals surface area contributed by atoms with E-state index in [1.165, 1.54) is 7.05 Å². The molecule has 2 rings (SSSR count). The highest BCUT2D eigenvalue weighted by Crippen LogP contribution is 2.11. The second kappa shape index (κ2) is 9.24. The number of guanidine groups is 1. The first kappa shape index (κ1) is 19.9. The Morgan fingerprint density at radius 1 is 1.30 bits per heavy atom.